The molecule has 3 aromatic carbocycles. The molecule has 1 aliphatic rings. The second-order valence-corrected chi connectivity index (χ2v) is 12.7. The second kappa shape index (κ2) is 14.4. The van der Waals surface area contributed by atoms with Crippen molar-refractivity contribution in [1.29, 1.82) is 0 Å². The van der Waals surface area contributed by atoms with E-state index in [4.69, 9.17) is 4.74 Å². The van der Waals surface area contributed by atoms with E-state index in [2.05, 4.69) is 5.32 Å². The highest BCUT2D eigenvalue weighted by Gasteiger charge is 2.34. The number of rotatable bonds is 12. The summed E-state index contributed by atoms with van der Waals surface area (Å²) >= 11 is 0. The van der Waals surface area contributed by atoms with E-state index in [0.717, 1.165) is 41.1 Å². The summed E-state index contributed by atoms with van der Waals surface area (Å²) in [5.74, 6) is -0.133. The first-order chi connectivity index (χ1) is 20.2. The Bertz CT molecular complexity index is 1420. The molecule has 224 valence electrons. The van der Waals surface area contributed by atoms with Gasteiger partial charge in [0.25, 0.3) is 10.0 Å². The van der Waals surface area contributed by atoms with Crippen LogP contribution in [0.4, 0.5) is 5.69 Å². The van der Waals surface area contributed by atoms with Crippen LogP contribution < -0.4 is 14.4 Å². The zero-order valence-corrected chi connectivity index (χ0v) is 25.5. The number of aryl methyl sites for hydroxylation is 1. The normalized spacial score (nSPS) is 14.5. The van der Waals surface area contributed by atoms with Gasteiger partial charge in [0.2, 0.25) is 11.8 Å². The predicted molar refractivity (Wildman–Crippen MR) is 165 cm³/mol. The fourth-order valence-electron chi connectivity index (χ4n) is 5.35. The zero-order chi connectivity index (χ0) is 30.1. The number of amides is 2. The lowest BCUT2D eigenvalue weighted by Gasteiger charge is -2.34. The lowest BCUT2D eigenvalue weighted by molar-refractivity contribution is -0.140. The number of benzene rings is 3. The summed E-state index contributed by atoms with van der Waals surface area (Å²) in [4.78, 5) is 29.4. The smallest absolute Gasteiger partial charge is 0.264 e. The third kappa shape index (κ3) is 7.70. The number of sulfonamides is 1. The van der Waals surface area contributed by atoms with Crippen LogP contribution in [0.15, 0.2) is 83.8 Å². The molecular weight excluding hydrogens is 550 g/mol. The van der Waals surface area contributed by atoms with Crippen LogP contribution in [-0.2, 0) is 26.2 Å². The van der Waals surface area contributed by atoms with Crippen LogP contribution in [0.2, 0.25) is 0 Å². The SMILES string of the molecule is CC[C@H](C(=O)NC1CCCCC1)N(Cc1ccc(C)cc1)C(=O)CN(c1ccccc1)S(=O)(=O)c1ccc(OC)cc1. The molecule has 4 rings (SSSR count). The largest absolute Gasteiger partial charge is 0.497 e. The van der Waals surface area contributed by atoms with Crippen LogP contribution in [0, 0.1) is 6.92 Å². The van der Waals surface area contributed by atoms with E-state index in [9.17, 15) is 18.0 Å². The van der Waals surface area contributed by atoms with Gasteiger partial charge in [0, 0.05) is 12.6 Å². The molecule has 1 aliphatic carbocycles. The van der Waals surface area contributed by atoms with Crippen LogP contribution in [0.3, 0.4) is 0 Å². The number of nitrogens with one attached hydrogen (secondary N) is 1. The van der Waals surface area contributed by atoms with Crippen molar-refractivity contribution in [3.63, 3.8) is 0 Å². The Balaban J connectivity index is 1.68. The van der Waals surface area contributed by atoms with Crippen molar-refractivity contribution in [1.82, 2.24) is 10.2 Å². The van der Waals surface area contributed by atoms with Gasteiger partial charge in [-0.3, -0.25) is 13.9 Å². The molecule has 0 unspecified atom stereocenters. The van der Waals surface area contributed by atoms with Gasteiger partial charge in [0.05, 0.1) is 17.7 Å². The fourth-order valence-corrected chi connectivity index (χ4v) is 6.77. The maximum atomic E-state index is 14.2. The lowest BCUT2D eigenvalue weighted by Crippen LogP contribution is -2.54. The molecule has 1 saturated carbocycles. The first-order valence-electron chi connectivity index (χ1n) is 14.6. The monoisotopic (exact) mass is 591 g/mol. The number of methoxy groups -OCH3 is 1. The summed E-state index contributed by atoms with van der Waals surface area (Å²) < 4.78 is 34.2. The number of hydrogen-bond acceptors (Lipinski definition) is 5. The molecule has 2 amide bonds. The van der Waals surface area contributed by atoms with Gasteiger partial charge >= 0.3 is 0 Å². The molecule has 0 radical (unpaired) electrons. The Kier molecular flexibility index (Phi) is 10.6. The average Bonchev–Trinajstić information content (AvgIpc) is 3.01. The van der Waals surface area contributed by atoms with Crippen molar-refractivity contribution in [3.8, 4) is 5.75 Å². The number of nitrogens with zero attached hydrogens (tertiary/aromatic N) is 2. The number of para-hydroxylation sites is 1. The van der Waals surface area contributed by atoms with Crippen LogP contribution in [0.25, 0.3) is 0 Å². The van der Waals surface area contributed by atoms with Crippen molar-refractivity contribution in [2.24, 2.45) is 0 Å². The van der Waals surface area contributed by atoms with E-state index in [1.807, 2.05) is 38.1 Å². The van der Waals surface area contributed by atoms with Crippen LogP contribution in [-0.4, -0.2) is 50.9 Å². The van der Waals surface area contributed by atoms with Gasteiger partial charge in [-0.25, -0.2) is 8.42 Å². The predicted octanol–water partition coefficient (Wildman–Crippen LogP) is 5.46. The van der Waals surface area contributed by atoms with Crippen molar-refractivity contribution >= 4 is 27.5 Å². The summed E-state index contributed by atoms with van der Waals surface area (Å²) in [7, 11) is -2.62. The number of hydrogen-bond donors (Lipinski definition) is 1. The second-order valence-electron chi connectivity index (χ2n) is 10.8. The molecule has 9 heteroatoms. The van der Waals surface area contributed by atoms with E-state index < -0.39 is 28.5 Å². The maximum absolute atomic E-state index is 14.2. The van der Waals surface area contributed by atoms with Crippen LogP contribution in [0.5, 0.6) is 5.75 Å². The third-order valence-electron chi connectivity index (χ3n) is 7.78. The van der Waals surface area contributed by atoms with Gasteiger partial charge in [-0.1, -0.05) is 74.2 Å². The molecule has 0 saturated heterocycles. The highest BCUT2D eigenvalue weighted by atomic mass is 32.2. The number of carbonyl (C=O) groups excluding carboxylic acids is 2. The van der Waals surface area contributed by atoms with Crippen molar-refractivity contribution in [3.05, 3.63) is 90.0 Å². The van der Waals surface area contributed by atoms with Crippen molar-refractivity contribution < 1.29 is 22.7 Å². The number of ether oxygens (including phenoxy) is 1. The molecule has 3 aromatic rings. The van der Waals surface area contributed by atoms with Crippen molar-refractivity contribution in [2.75, 3.05) is 18.0 Å². The molecule has 0 aliphatic heterocycles. The van der Waals surface area contributed by atoms with Crippen LogP contribution >= 0.6 is 0 Å². The first-order valence-corrected chi connectivity index (χ1v) is 16.0. The molecule has 8 nitrogen and oxygen atoms in total. The van der Waals surface area contributed by atoms with Gasteiger partial charge < -0.3 is 15.0 Å². The summed E-state index contributed by atoms with van der Waals surface area (Å²) in [5, 5.41) is 3.18. The van der Waals surface area contributed by atoms with Gasteiger partial charge in [-0.2, -0.15) is 0 Å². The first kappa shape index (κ1) is 31.1. The summed E-state index contributed by atoms with van der Waals surface area (Å²) in [6, 6.07) is 21.8. The minimum Gasteiger partial charge on any atom is -0.497 e. The van der Waals surface area contributed by atoms with E-state index in [0.29, 0.717) is 17.9 Å². The highest BCUT2D eigenvalue weighted by molar-refractivity contribution is 7.92. The molecule has 0 heterocycles. The Morgan fingerprint density at radius 1 is 0.929 bits per heavy atom. The molecule has 0 aromatic heterocycles. The minimum absolute atomic E-state index is 0.0344. The molecule has 0 spiro atoms. The van der Waals surface area contributed by atoms with Crippen molar-refractivity contribution in [2.45, 2.75) is 75.9 Å². The molecule has 1 N–H and O–H groups in total. The quantitative estimate of drug-likeness (QED) is 0.302. The Labute approximate surface area is 249 Å². The Morgan fingerprint density at radius 2 is 1.57 bits per heavy atom. The third-order valence-corrected chi connectivity index (χ3v) is 9.57. The topological polar surface area (TPSA) is 96.0 Å². The van der Waals surface area contributed by atoms with Gasteiger partial charge in [-0.05, 0) is 68.1 Å². The van der Waals surface area contributed by atoms with Gasteiger partial charge in [0.15, 0.2) is 0 Å². The minimum atomic E-state index is -4.13. The molecule has 1 atom stereocenters. The Hall–Kier alpha value is -3.85. The lowest BCUT2D eigenvalue weighted by atomic mass is 9.95. The van der Waals surface area contributed by atoms with E-state index in [1.165, 1.54) is 30.6 Å². The van der Waals surface area contributed by atoms with E-state index in [1.54, 1.807) is 42.5 Å². The van der Waals surface area contributed by atoms with E-state index >= 15 is 0 Å². The number of carbonyl (C=O) groups is 2. The highest BCUT2D eigenvalue weighted by Crippen LogP contribution is 2.26. The zero-order valence-electron chi connectivity index (χ0n) is 24.7. The Morgan fingerprint density at radius 3 is 2.17 bits per heavy atom. The molecule has 1 fully saturated rings. The van der Waals surface area contributed by atoms with E-state index in [-0.39, 0.29) is 23.4 Å². The summed E-state index contributed by atoms with van der Waals surface area (Å²) in [6.45, 7) is 3.59. The van der Waals surface area contributed by atoms with Gasteiger partial charge in [0.1, 0.15) is 18.3 Å². The van der Waals surface area contributed by atoms with Crippen LogP contribution in [0.1, 0.15) is 56.6 Å². The van der Waals surface area contributed by atoms with Gasteiger partial charge in [-0.15, -0.1) is 0 Å². The molecule has 0 bridgehead atoms. The number of anilines is 1. The summed E-state index contributed by atoms with van der Waals surface area (Å²) in [6.07, 6.45) is 5.56. The fraction of sp³-hybridized carbons (Fsp3) is 0.394. The maximum Gasteiger partial charge on any atom is 0.264 e. The molecular formula is C33H41N3O5S. The standard InChI is InChI=1S/C33H41N3O5S/c1-4-31(33(38)34-27-11-7-5-8-12-27)35(23-26-17-15-25(2)16-18-26)32(37)24-36(28-13-9-6-10-14-28)42(39,40)30-21-19-29(41-3)20-22-30/h6,9-10,13-22,27,31H,4-5,7-8,11-12,23-24H2,1-3H3,(H,34,38)/t31-/m1/s1. The summed E-state index contributed by atoms with van der Waals surface area (Å²) in [5.41, 5.74) is 2.30. The molecule has 42 heavy (non-hydrogen) atoms. The average molecular weight is 592 g/mol.